The lowest BCUT2D eigenvalue weighted by Gasteiger charge is -2.35. The third-order valence-electron chi connectivity index (χ3n) is 5.79. The first kappa shape index (κ1) is 19.8. The number of likely N-dealkylation sites (tertiary alicyclic amines) is 1. The van der Waals surface area contributed by atoms with E-state index in [1.54, 1.807) is 19.2 Å². The minimum atomic E-state index is -0.390. The van der Waals surface area contributed by atoms with Crippen LogP contribution in [0.5, 0.6) is 5.75 Å². The normalized spacial score (nSPS) is 23.1. The van der Waals surface area contributed by atoms with Crippen LogP contribution in [0.25, 0.3) is 0 Å². The molecule has 7 heteroatoms. The van der Waals surface area contributed by atoms with Crippen molar-refractivity contribution < 1.29 is 13.9 Å². The summed E-state index contributed by atoms with van der Waals surface area (Å²) >= 11 is 0. The molecule has 2 unspecified atom stereocenters. The Hall–Kier alpha value is -2.48. The van der Waals surface area contributed by atoms with Crippen LogP contribution >= 0.6 is 0 Å². The fraction of sp³-hybridized carbons (Fsp3) is 0.409. The highest BCUT2D eigenvalue weighted by molar-refractivity contribution is 5.94. The summed E-state index contributed by atoms with van der Waals surface area (Å²) in [6.07, 6.45) is 3.01. The van der Waals surface area contributed by atoms with Gasteiger partial charge in [-0.1, -0.05) is 18.2 Å². The van der Waals surface area contributed by atoms with Gasteiger partial charge in [-0.3, -0.25) is 9.69 Å². The minimum Gasteiger partial charge on any atom is -0.497 e. The Morgan fingerprint density at radius 1 is 1.14 bits per heavy atom. The van der Waals surface area contributed by atoms with Gasteiger partial charge in [0.1, 0.15) is 11.6 Å². The van der Waals surface area contributed by atoms with Crippen molar-refractivity contribution in [2.75, 3.05) is 20.2 Å². The number of nitrogens with zero attached hydrogens (tertiary/aromatic N) is 1. The predicted octanol–water partition coefficient (Wildman–Crippen LogP) is 2.59. The number of piperidine rings is 1. The van der Waals surface area contributed by atoms with Crippen molar-refractivity contribution in [1.82, 2.24) is 21.1 Å². The molecule has 154 valence electrons. The summed E-state index contributed by atoms with van der Waals surface area (Å²) in [4.78, 5) is 14.7. The molecule has 0 radical (unpaired) electrons. The Balaban J connectivity index is 1.26. The molecule has 0 spiro atoms. The highest BCUT2D eigenvalue weighted by atomic mass is 19.1. The van der Waals surface area contributed by atoms with E-state index in [-0.39, 0.29) is 24.2 Å². The lowest BCUT2D eigenvalue weighted by atomic mass is 10.0. The number of benzene rings is 2. The first-order valence-corrected chi connectivity index (χ1v) is 10.1. The molecule has 2 aliphatic heterocycles. The van der Waals surface area contributed by atoms with Gasteiger partial charge in [-0.25, -0.2) is 15.2 Å². The van der Waals surface area contributed by atoms with Crippen molar-refractivity contribution >= 4 is 5.91 Å². The molecule has 2 fully saturated rings. The molecule has 2 saturated heterocycles. The minimum absolute atomic E-state index is 0.119. The summed E-state index contributed by atoms with van der Waals surface area (Å²) in [5.74, 6) is 0.264. The predicted molar refractivity (Wildman–Crippen MR) is 109 cm³/mol. The van der Waals surface area contributed by atoms with Gasteiger partial charge in [0.2, 0.25) is 0 Å². The zero-order valence-corrected chi connectivity index (χ0v) is 16.5. The second-order valence-corrected chi connectivity index (χ2v) is 7.66. The molecule has 0 bridgehead atoms. The standard InChI is InChI=1S/C22H27FN4O2/c1-29-19-7-5-15(6-8-19)20-14-21(26-25-20)27-11-9-18(10-12-27)24-22(28)16-3-2-4-17(23)13-16/h2-8,13,18,20-21,25-26H,9-12,14H2,1H3,(H,24,28). The molecule has 2 aromatic rings. The van der Waals surface area contributed by atoms with Crippen LogP contribution < -0.4 is 20.9 Å². The van der Waals surface area contributed by atoms with Gasteiger partial charge >= 0.3 is 0 Å². The second kappa shape index (κ2) is 8.90. The van der Waals surface area contributed by atoms with Gasteiger partial charge < -0.3 is 10.1 Å². The van der Waals surface area contributed by atoms with E-state index in [9.17, 15) is 9.18 Å². The molecule has 2 heterocycles. The first-order chi connectivity index (χ1) is 14.1. The monoisotopic (exact) mass is 398 g/mol. The third-order valence-corrected chi connectivity index (χ3v) is 5.79. The molecule has 0 saturated carbocycles. The van der Waals surface area contributed by atoms with Crippen LogP contribution in [0.2, 0.25) is 0 Å². The van der Waals surface area contributed by atoms with Crippen LogP contribution in [0.4, 0.5) is 4.39 Å². The van der Waals surface area contributed by atoms with Crippen molar-refractivity contribution in [3.63, 3.8) is 0 Å². The summed E-state index contributed by atoms with van der Waals surface area (Å²) in [6, 6.07) is 14.4. The van der Waals surface area contributed by atoms with Crippen molar-refractivity contribution in [2.45, 2.75) is 37.5 Å². The van der Waals surface area contributed by atoms with Crippen LogP contribution in [-0.2, 0) is 0 Å². The second-order valence-electron chi connectivity index (χ2n) is 7.66. The van der Waals surface area contributed by atoms with Crippen LogP contribution in [0.1, 0.15) is 41.2 Å². The van der Waals surface area contributed by atoms with E-state index in [0.717, 1.165) is 38.1 Å². The zero-order valence-electron chi connectivity index (χ0n) is 16.5. The lowest BCUT2D eigenvalue weighted by Crippen LogP contribution is -2.51. The number of hydrazine groups is 1. The van der Waals surface area contributed by atoms with E-state index < -0.39 is 5.82 Å². The molecular weight excluding hydrogens is 371 g/mol. The number of hydrogen-bond donors (Lipinski definition) is 3. The summed E-state index contributed by atoms with van der Waals surface area (Å²) in [6.45, 7) is 1.81. The number of hydrogen-bond acceptors (Lipinski definition) is 5. The number of carbonyl (C=O) groups is 1. The molecule has 3 N–H and O–H groups in total. The maximum atomic E-state index is 13.3. The van der Waals surface area contributed by atoms with Crippen molar-refractivity contribution in [3.05, 3.63) is 65.5 Å². The van der Waals surface area contributed by atoms with E-state index in [2.05, 4.69) is 33.2 Å². The number of amides is 1. The largest absolute Gasteiger partial charge is 0.497 e. The molecular formula is C22H27FN4O2. The number of methoxy groups -OCH3 is 1. The fourth-order valence-corrected chi connectivity index (χ4v) is 4.09. The summed E-state index contributed by atoms with van der Waals surface area (Å²) < 4.78 is 18.5. The van der Waals surface area contributed by atoms with Crippen LogP contribution in [-0.4, -0.2) is 43.2 Å². The van der Waals surface area contributed by atoms with E-state index >= 15 is 0 Å². The van der Waals surface area contributed by atoms with E-state index in [4.69, 9.17) is 4.74 Å². The van der Waals surface area contributed by atoms with Crippen molar-refractivity contribution in [1.29, 1.82) is 0 Å². The van der Waals surface area contributed by atoms with E-state index in [0.29, 0.717) is 5.56 Å². The molecule has 29 heavy (non-hydrogen) atoms. The molecule has 4 rings (SSSR count). The van der Waals surface area contributed by atoms with E-state index in [1.807, 2.05) is 12.1 Å². The van der Waals surface area contributed by atoms with Gasteiger partial charge in [-0.15, -0.1) is 0 Å². The van der Waals surface area contributed by atoms with Gasteiger partial charge in [0, 0.05) is 30.7 Å². The molecule has 0 aromatic heterocycles. The van der Waals surface area contributed by atoms with Gasteiger partial charge in [-0.05, 0) is 55.2 Å². The third kappa shape index (κ3) is 4.75. The lowest BCUT2D eigenvalue weighted by molar-refractivity contribution is 0.0879. The smallest absolute Gasteiger partial charge is 0.251 e. The van der Waals surface area contributed by atoms with Gasteiger partial charge in [-0.2, -0.15) is 0 Å². The number of carbonyl (C=O) groups excluding carboxylic acids is 1. The Morgan fingerprint density at radius 2 is 1.90 bits per heavy atom. The average Bonchev–Trinajstić information content (AvgIpc) is 3.24. The van der Waals surface area contributed by atoms with Crippen molar-refractivity contribution in [2.24, 2.45) is 0 Å². The molecule has 2 atom stereocenters. The highest BCUT2D eigenvalue weighted by Gasteiger charge is 2.32. The number of rotatable bonds is 5. The first-order valence-electron chi connectivity index (χ1n) is 10.1. The molecule has 2 aliphatic rings. The Labute approximate surface area is 170 Å². The molecule has 2 aromatic carbocycles. The quantitative estimate of drug-likeness (QED) is 0.723. The van der Waals surface area contributed by atoms with Crippen molar-refractivity contribution in [3.8, 4) is 5.75 Å². The maximum absolute atomic E-state index is 13.3. The molecule has 1 amide bonds. The van der Waals surface area contributed by atoms with E-state index in [1.165, 1.54) is 17.7 Å². The number of ether oxygens (including phenoxy) is 1. The zero-order chi connectivity index (χ0) is 20.2. The van der Waals surface area contributed by atoms with Gasteiger partial charge in [0.15, 0.2) is 0 Å². The van der Waals surface area contributed by atoms with Gasteiger partial charge in [0.05, 0.1) is 13.3 Å². The highest BCUT2D eigenvalue weighted by Crippen LogP contribution is 2.27. The Bertz CT molecular complexity index is 837. The van der Waals surface area contributed by atoms with Gasteiger partial charge in [0.25, 0.3) is 5.91 Å². The van der Waals surface area contributed by atoms with Crippen LogP contribution in [0.15, 0.2) is 48.5 Å². The molecule has 0 aliphatic carbocycles. The Morgan fingerprint density at radius 3 is 2.59 bits per heavy atom. The number of nitrogens with one attached hydrogen (secondary N) is 3. The Kier molecular flexibility index (Phi) is 6.08. The van der Waals surface area contributed by atoms with Crippen LogP contribution in [0, 0.1) is 5.82 Å². The average molecular weight is 398 g/mol. The molecule has 6 nitrogen and oxygen atoms in total. The summed E-state index contributed by atoms with van der Waals surface area (Å²) in [5, 5.41) is 3.04. The summed E-state index contributed by atoms with van der Waals surface area (Å²) in [7, 11) is 1.67. The topological polar surface area (TPSA) is 65.6 Å². The van der Waals surface area contributed by atoms with Crippen LogP contribution in [0.3, 0.4) is 0 Å². The maximum Gasteiger partial charge on any atom is 0.251 e. The summed E-state index contributed by atoms with van der Waals surface area (Å²) in [5.41, 5.74) is 8.40. The fourth-order valence-electron chi connectivity index (χ4n) is 4.09. The SMILES string of the molecule is COc1ccc(C2CC(N3CCC(NC(=O)c4cccc(F)c4)CC3)NN2)cc1. The number of halogens is 1.